The number of halogens is 2. The van der Waals surface area contributed by atoms with Crippen molar-refractivity contribution in [3.63, 3.8) is 0 Å². The summed E-state index contributed by atoms with van der Waals surface area (Å²) in [4.78, 5) is 25.0. The first-order valence-electron chi connectivity index (χ1n) is 8.09. The van der Waals surface area contributed by atoms with Gasteiger partial charge in [-0.3, -0.25) is 9.59 Å². The molecular formula is C21H15F2NO3. The summed E-state index contributed by atoms with van der Waals surface area (Å²) in [6.07, 6.45) is 0. The Morgan fingerprint density at radius 1 is 0.815 bits per heavy atom. The van der Waals surface area contributed by atoms with Gasteiger partial charge < -0.3 is 10.1 Å². The normalized spacial score (nSPS) is 10.5. The van der Waals surface area contributed by atoms with Crippen molar-refractivity contribution >= 4 is 17.4 Å². The summed E-state index contributed by atoms with van der Waals surface area (Å²) in [6, 6.07) is 20.9. The minimum absolute atomic E-state index is 0.0300. The van der Waals surface area contributed by atoms with Crippen LogP contribution >= 0.6 is 0 Å². The molecule has 0 spiro atoms. The molecule has 0 saturated carbocycles. The van der Waals surface area contributed by atoms with E-state index in [4.69, 9.17) is 0 Å². The molecule has 3 aromatic rings. The van der Waals surface area contributed by atoms with Crippen molar-refractivity contribution in [3.8, 4) is 5.75 Å². The van der Waals surface area contributed by atoms with Crippen molar-refractivity contribution in [2.45, 2.75) is 6.61 Å². The number of alkyl halides is 2. The minimum atomic E-state index is -3.04. The van der Waals surface area contributed by atoms with Crippen LogP contribution in [0.4, 0.5) is 14.5 Å². The number of nitrogens with one attached hydrogen (secondary N) is 1. The molecule has 3 aromatic carbocycles. The fourth-order valence-electron chi connectivity index (χ4n) is 2.55. The first-order chi connectivity index (χ1) is 13.0. The Bertz CT molecular complexity index is 958. The Balaban J connectivity index is 1.81. The predicted octanol–water partition coefficient (Wildman–Crippen LogP) is 4.77. The van der Waals surface area contributed by atoms with Gasteiger partial charge in [0.15, 0.2) is 5.78 Å². The maximum absolute atomic E-state index is 12.5. The molecule has 0 fully saturated rings. The van der Waals surface area contributed by atoms with Gasteiger partial charge in [-0.25, -0.2) is 0 Å². The van der Waals surface area contributed by atoms with Crippen molar-refractivity contribution < 1.29 is 23.1 Å². The Morgan fingerprint density at radius 3 is 2.22 bits per heavy atom. The quantitative estimate of drug-likeness (QED) is 0.639. The molecule has 4 nitrogen and oxygen atoms in total. The number of hydrogen-bond donors (Lipinski definition) is 1. The van der Waals surface area contributed by atoms with Gasteiger partial charge in [-0.1, -0.05) is 54.6 Å². The third-order valence-electron chi connectivity index (χ3n) is 3.77. The Labute approximate surface area is 154 Å². The fraction of sp³-hybridized carbons (Fsp3) is 0.0476. The molecule has 3 rings (SSSR count). The summed E-state index contributed by atoms with van der Waals surface area (Å²) < 4.78 is 29.4. The average Bonchev–Trinajstić information content (AvgIpc) is 2.68. The number of ketones is 1. The molecule has 6 heteroatoms. The highest BCUT2D eigenvalue weighted by Crippen LogP contribution is 2.22. The number of hydrogen-bond acceptors (Lipinski definition) is 3. The summed E-state index contributed by atoms with van der Waals surface area (Å²) in [5, 5.41) is 2.60. The monoisotopic (exact) mass is 367 g/mol. The number of rotatable bonds is 6. The number of benzene rings is 3. The Kier molecular flexibility index (Phi) is 5.56. The summed E-state index contributed by atoms with van der Waals surface area (Å²) in [5.74, 6) is -1.02. The molecule has 0 aliphatic rings. The summed E-state index contributed by atoms with van der Waals surface area (Å²) in [7, 11) is 0. The molecule has 0 aromatic heterocycles. The second kappa shape index (κ2) is 8.23. The van der Waals surface area contributed by atoms with Crippen LogP contribution < -0.4 is 10.1 Å². The molecule has 0 unspecified atom stereocenters. The van der Waals surface area contributed by atoms with Gasteiger partial charge in [0.1, 0.15) is 5.75 Å². The first kappa shape index (κ1) is 18.3. The van der Waals surface area contributed by atoms with Crippen molar-refractivity contribution in [1.29, 1.82) is 0 Å². The zero-order valence-electron chi connectivity index (χ0n) is 14.1. The van der Waals surface area contributed by atoms with Crippen molar-refractivity contribution in [2.24, 2.45) is 0 Å². The molecule has 1 amide bonds. The van der Waals surface area contributed by atoms with Crippen LogP contribution in [-0.2, 0) is 0 Å². The number of carbonyl (C=O) groups excluding carboxylic acids is 2. The number of amides is 1. The highest BCUT2D eigenvalue weighted by molar-refractivity contribution is 6.10. The molecule has 0 atom stereocenters. The molecule has 1 N–H and O–H groups in total. The highest BCUT2D eigenvalue weighted by atomic mass is 19.3. The zero-order valence-corrected chi connectivity index (χ0v) is 14.1. The van der Waals surface area contributed by atoms with Crippen LogP contribution in [-0.4, -0.2) is 18.3 Å². The van der Waals surface area contributed by atoms with Gasteiger partial charge in [0.05, 0.1) is 5.56 Å². The number of ether oxygens (including phenoxy) is 1. The van der Waals surface area contributed by atoms with E-state index in [1.165, 1.54) is 24.3 Å². The first-order valence-corrected chi connectivity index (χ1v) is 8.09. The van der Waals surface area contributed by atoms with E-state index in [9.17, 15) is 18.4 Å². The second-order valence-corrected chi connectivity index (χ2v) is 5.60. The lowest BCUT2D eigenvalue weighted by Gasteiger charge is -2.11. The standard InChI is InChI=1S/C21H15F2NO3/c22-21(23)27-18-12-5-4-11-17(18)20(26)24-16-10-6-9-15(13-16)19(25)14-7-2-1-3-8-14/h1-13,21H,(H,24,26). The van der Waals surface area contributed by atoms with Crippen LogP contribution in [0.1, 0.15) is 26.3 Å². The number of anilines is 1. The molecule has 0 saturated heterocycles. The Morgan fingerprint density at radius 2 is 1.48 bits per heavy atom. The lowest BCUT2D eigenvalue weighted by molar-refractivity contribution is -0.0501. The van der Waals surface area contributed by atoms with E-state index >= 15 is 0 Å². The maximum Gasteiger partial charge on any atom is 0.387 e. The van der Waals surface area contributed by atoms with E-state index in [1.54, 1.807) is 48.5 Å². The second-order valence-electron chi connectivity index (χ2n) is 5.60. The minimum Gasteiger partial charge on any atom is -0.434 e. The van der Waals surface area contributed by atoms with Crippen molar-refractivity contribution in [2.75, 3.05) is 5.32 Å². The molecule has 0 aliphatic heterocycles. The predicted molar refractivity (Wildman–Crippen MR) is 97.3 cm³/mol. The number of carbonyl (C=O) groups is 2. The molecule has 0 radical (unpaired) electrons. The molecule has 0 aliphatic carbocycles. The summed E-state index contributed by atoms with van der Waals surface area (Å²) in [6.45, 7) is -3.04. The van der Waals surface area contributed by atoms with E-state index in [1.807, 2.05) is 6.07 Å². The van der Waals surface area contributed by atoms with Crippen molar-refractivity contribution in [3.05, 3.63) is 95.6 Å². The van der Waals surface area contributed by atoms with Crippen molar-refractivity contribution in [1.82, 2.24) is 0 Å². The molecule has 0 heterocycles. The van der Waals surface area contributed by atoms with Gasteiger partial charge in [-0.15, -0.1) is 0 Å². The van der Waals surface area contributed by atoms with E-state index < -0.39 is 12.5 Å². The van der Waals surface area contributed by atoms with Gasteiger partial charge in [0, 0.05) is 16.8 Å². The van der Waals surface area contributed by atoms with Gasteiger partial charge in [-0.2, -0.15) is 8.78 Å². The molecule has 136 valence electrons. The topological polar surface area (TPSA) is 55.4 Å². The number of para-hydroxylation sites is 1. The van der Waals surface area contributed by atoms with E-state index in [0.29, 0.717) is 16.8 Å². The maximum atomic E-state index is 12.5. The van der Waals surface area contributed by atoms with Crippen LogP contribution in [0, 0.1) is 0 Å². The summed E-state index contributed by atoms with van der Waals surface area (Å²) in [5.41, 5.74) is 1.26. The zero-order chi connectivity index (χ0) is 19.2. The SMILES string of the molecule is O=C(c1ccccc1)c1cccc(NC(=O)c2ccccc2OC(F)F)c1. The third kappa shape index (κ3) is 4.55. The smallest absolute Gasteiger partial charge is 0.387 e. The highest BCUT2D eigenvalue weighted by Gasteiger charge is 2.16. The molecular weight excluding hydrogens is 352 g/mol. The van der Waals surface area contributed by atoms with Gasteiger partial charge in [-0.05, 0) is 24.3 Å². The Hall–Kier alpha value is -3.54. The average molecular weight is 367 g/mol. The van der Waals surface area contributed by atoms with E-state index in [2.05, 4.69) is 10.1 Å². The van der Waals surface area contributed by atoms with Crippen LogP contribution in [0.15, 0.2) is 78.9 Å². The molecule has 27 heavy (non-hydrogen) atoms. The third-order valence-corrected chi connectivity index (χ3v) is 3.77. The largest absolute Gasteiger partial charge is 0.434 e. The van der Waals surface area contributed by atoms with Gasteiger partial charge in [0.2, 0.25) is 0 Å². The van der Waals surface area contributed by atoms with E-state index in [0.717, 1.165) is 0 Å². The lowest BCUT2D eigenvalue weighted by atomic mass is 10.0. The van der Waals surface area contributed by atoms with Crippen LogP contribution in [0.3, 0.4) is 0 Å². The van der Waals surface area contributed by atoms with Crippen LogP contribution in [0.25, 0.3) is 0 Å². The molecule has 0 bridgehead atoms. The fourth-order valence-corrected chi connectivity index (χ4v) is 2.55. The van der Waals surface area contributed by atoms with Crippen LogP contribution in [0.2, 0.25) is 0 Å². The van der Waals surface area contributed by atoms with E-state index in [-0.39, 0.29) is 17.1 Å². The van der Waals surface area contributed by atoms with Gasteiger partial charge in [0.25, 0.3) is 5.91 Å². The van der Waals surface area contributed by atoms with Crippen LogP contribution in [0.5, 0.6) is 5.75 Å². The summed E-state index contributed by atoms with van der Waals surface area (Å²) >= 11 is 0. The lowest BCUT2D eigenvalue weighted by Crippen LogP contribution is -2.15. The van der Waals surface area contributed by atoms with Gasteiger partial charge >= 0.3 is 6.61 Å².